The Labute approximate surface area is 245 Å². The third kappa shape index (κ3) is 26.3. The predicted molar refractivity (Wildman–Crippen MR) is 161 cm³/mol. The van der Waals surface area contributed by atoms with Crippen molar-refractivity contribution in [2.45, 2.75) is 155 Å². The maximum absolute atomic E-state index is 11.1. The number of allylic oxidation sites excluding steroid dienone is 2. The average molecular weight is 568 g/mol. The van der Waals surface area contributed by atoms with E-state index in [4.69, 9.17) is 10.2 Å². The Kier molecular flexibility index (Phi) is 26.0. The normalized spacial score (nSPS) is 11.8. The highest BCUT2D eigenvalue weighted by Crippen LogP contribution is 2.18. The van der Waals surface area contributed by atoms with Crippen molar-refractivity contribution < 1.29 is 34.2 Å². The van der Waals surface area contributed by atoms with Gasteiger partial charge in [0.15, 0.2) is 0 Å². The highest BCUT2D eigenvalue weighted by Gasteiger charge is 2.26. The topological polar surface area (TPSA) is 115 Å². The Morgan fingerprint density at radius 3 is 1.27 bits per heavy atom. The van der Waals surface area contributed by atoms with Crippen molar-refractivity contribution in [3.05, 3.63) is 12.2 Å². The van der Waals surface area contributed by atoms with E-state index in [-0.39, 0.29) is 19.3 Å². The molecule has 0 unspecified atom stereocenters. The Balaban J connectivity index is 4.15. The molecule has 0 aliphatic carbocycles. The first-order valence-electron chi connectivity index (χ1n) is 16.4. The molecule has 7 nitrogen and oxygen atoms in total. The molecule has 0 heterocycles. The van der Waals surface area contributed by atoms with Crippen LogP contribution in [0.25, 0.3) is 0 Å². The summed E-state index contributed by atoms with van der Waals surface area (Å²) in [5.41, 5.74) is 0. The number of hydrogen-bond acceptors (Lipinski definition) is 4. The van der Waals surface area contributed by atoms with Gasteiger partial charge in [0.25, 0.3) is 0 Å². The molecule has 0 aromatic carbocycles. The second kappa shape index (κ2) is 27.3. The van der Waals surface area contributed by atoms with E-state index < -0.39 is 17.9 Å². The maximum Gasteiger partial charge on any atom is 0.303 e. The highest BCUT2D eigenvalue weighted by atomic mass is 16.4. The largest absolute Gasteiger partial charge is 0.550 e. The van der Waals surface area contributed by atoms with Crippen LogP contribution >= 0.6 is 0 Å². The van der Waals surface area contributed by atoms with Crippen LogP contribution in [0, 0.1) is 0 Å². The van der Waals surface area contributed by atoms with E-state index in [1.54, 1.807) is 0 Å². The van der Waals surface area contributed by atoms with E-state index in [1.807, 2.05) is 0 Å². The molecule has 0 saturated heterocycles. The molecule has 2 N–H and O–H groups in total. The Hall–Kier alpha value is -1.89. The van der Waals surface area contributed by atoms with Gasteiger partial charge >= 0.3 is 11.9 Å². The molecule has 0 aromatic rings. The maximum atomic E-state index is 11.1. The van der Waals surface area contributed by atoms with Crippen LogP contribution in [0.3, 0.4) is 0 Å². The lowest BCUT2D eigenvalue weighted by Gasteiger charge is -2.39. The van der Waals surface area contributed by atoms with Crippen LogP contribution in [0.1, 0.15) is 155 Å². The van der Waals surface area contributed by atoms with Crippen LogP contribution in [0.5, 0.6) is 0 Å². The van der Waals surface area contributed by atoms with Crippen molar-refractivity contribution in [2.24, 2.45) is 0 Å². The van der Waals surface area contributed by atoms with E-state index in [0.717, 1.165) is 25.8 Å². The van der Waals surface area contributed by atoms with Gasteiger partial charge in [-0.05, 0) is 44.9 Å². The molecule has 0 fully saturated rings. The number of unbranched alkanes of at least 4 members (excludes halogenated alkanes) is 15. The lowest BCUT2D eigenvalue weighted by molar-refractivity contribution is -0.929. The molecule has 0 atom stereocenters. The zero-order valence-electron chi connectivity index (χ0n) is 25.7. The first-order chi connectivity index (χ1) is 19.3. The van der Waals surface area contributed by atoms with Gasteiger partial charge in [-0.15, -0.1) is 0 Å². The summed E-state index contributed by atoms with van der Waals surface area (Å²) in [6.07, 6.45) is 27.9. The van der Waals surface area contributed by atoms with Crippen molar-refractivity contribution in [3.63, 3.8) is 0 Å². The minimum absolute atomic E-state index is 0.0216. The van der Waals surface area contributed by atoms with Gasteiger partial charge in [-0.25, -0.2) is 0 Å². The molecule has 0 amide bonds. The van der Waals surface area contributed by atoms with E-state index in [1.165, 1.54) is 89.9 Å². The first kappa shape index (κ1) is 38.1. The van der Waals surface area contributed by atoms with Gasteiger partial charge in [0.05, 0.1) is 39.0 Å². The second-order valence-electron chi connectivity index (χ2n) is 11.7. The van der Waals surface area contributed by atoms with Crippen molar-refractivity contribution in [1.82, 2.24) is 0 Å². The predicted octanol–water partition coefficient (Wildman–Crippen LogP) is 7.27. The summed E-state index contributed by atoms with van der Waals surface area (Å²) in [6, 6.07) is 0. The summed E-state index contributed by atoms with van der Waals surface area (Å²) in [5, 5.41) is 29.1. The average Bonchev–Trinajstić information content (AvgIpc) is 2.89. The summed E-state index contributed by atoms with van der Waals surface area (Å²) in [6.45, 7) is 5.02. The number of aliphatic carboxylic acids is 3. The molecule has 0 bridgehead atoms. The fraction of sp³-hybridized carbons (Fsp3) is 0.848. The fourth-order valence-electron chi connectivity index (χ4n) is 5.59. The van der Waals surface area contributed by atoms with Gasteiger partial charge in [-0.3, -0.25) is 9.59 Å². The number of carbonyl (C=O) groups is 3. The fourth-order valence-corrected chi connectivity index (χ4v) is 5.59. The lowest BCUT2D eigenvalue weighted by atomic mass is 10.1. The minimum Gasteiger partial charge on any atom is -0.550 e. The van der Waals surface area contributed by atoms with E-state index in [9.17, 15) is 19.5 Å². The molecular weight excluding hydrogens is 506 g/mol. The number of rotatable bonds is 31. The Morgan fingerprint density at radius 1 is 0.525 bits per heavy atom. The lowest BCUT2D eigenvalue weighted by Crippen LogP contribution is -2.51. The zero-order valence-corrected chi connectivity index (χ0v) is 25.7. The molecular formula is C33H61NO6. The number of carboxylic acids is 3. The molecule has 0 radical (unpaired) electrons. The SMILES string of the molecule is CCCCCCCCCC/C=C/CCCCCCCCC[N+](CCCC(=O)[O-])(CCCC(=O)O)CCCC(=O)O. The smallest absolute Gasteiger partial charge is 0.303 e. The van der Waals surface area contributed by atoms with Crippen LogP contribution in [0.2, 0.25) is 0 Å². The van der Waals surface area contributed by atoms with Gasteiger partial charge in [0, 0.05) is 25.2 Å². The van der Waals surface area contributed by atoms with Crippen LogP contribution in [-0.2, 0) is 14.4 Å². The molecule has 234 valence electrons. The highest BCUT2D eigenvalue weighted by molar-refractivity contribution is 5.66. The molecule has 0 aliphatic rings. The van der Waals surface area contributed by atoms with Gasteiger partial charge in [0.2, 0.25) is 0 Å². The van der Waals surface area contributed by atoms with E-state index >= 15 is 0 Å². The number of carbonyl (C=O) groups excluding carboxylic acids is 1. The molecule has 0 rings (SSSR count). The van der Waals surface area contributed by atoms with Gasteiger partial charge < -0.3 is 24.6 Å². The molecule has 40 heavy (non-hydrogen) atoms. The zero-order chi connectivity index (χ0) is 29.7. The molecule has 7 heteroatoms. The summed E-state index contributed by atoms with van der Waals surface area (Å²) in [5.74, 6) is -2.75. The second-order valence-corrected chi connectivity index (χ2v) is 11.7. The van der Waals surface area contributed by atoms with Gasteiger partial charge in [-0.2, -0.15) is 0 Å². The third-order valence-electron chi connectivity index (χ3n) is 7.95. The molecule has 0 saturated carbocycles. The molecule has 0 spiro atoms. The van der Waals surface area contributed by atoms with Gasteiger partial charge in [0.1, 0.15) is 0 Å². The molecule has 0 aliphatic heterocycles. The van der Waals surface area contributed by atoms with Crippen molar-refractivity contribution in [1.29, 1.82) is 0 Å². The summed E-state index contributed by atoms with van der Waals surface area (Å²) in [4.78, 5) is 33.1. The Morgan fingerprint density at radius 2 is 0.875 bits per heavy atom. The number of hydrogen-bond donors (Lipinski definition) is 2. The minimum atomic E-state index is -1.08. The summed E-state index contributed by atoms with van der Waals surface area (Å²) in [7, 11) is 0. The van der Waals surface area contributed by atoms with Crippen LogP contribution in [-0.4, -0.2) is 58.8 Å². The van der Waals surface area contributed by atoms with Crippen LogP contribution < -0.4 is 5.11 Å². The standard InChI is InChI=1S/C33H61NO6/c1-2-3-4-5-6-7-8-9-10-11-12-13-14-15-16-17-18-19-20-27-34(28-21-24-31(35)36,29-22-25-32(37)38)30-23-26-33(39)40/h11-12H,2-10,13-30H2,1H3,(H2-,35,36,37,38,39,40)/b12-11+. The number of nitrogens with zero attached hydrogens (tertiary/aromatic N) is 1. The monoisotopic (exact) mass is 567 g/mol. The first-order valence-corrected chi connectivity index (χ1v) is 16.4. The van der Waals surface area contributed by atoms with E-state index in [2.05, 4.69) is 19.1 Å². The van der Waals surface area contributed by atoms with Crippen molar-refractivity contribution in [2.75, 3.05) is 26.2 Å². The van der Waals surface area contributed by atoms with Crippen LogP contribution in [0.15, 0.2) is 12.2 Å². The third-order valence-corrected chi connectivity index (χ3v) is 7.95. The number of carboxylic acid groups (broad SMARTS) is 3. The summed E-state index contributed by atoms with van der Waals surface area (Å²) < 4.78 is 0.610. The molecule has 0 aromatic heterocycles. The Bertz CT molecular complexity index is 613. The van der Waals surface area contributed by atoms with Crippen LogP contribution in [0.4, 0.5) is 0 Å². The van der Waals surface area contributed by atoms with E-state index in [0.29, 0.717) is 43.4 Å². The van der Waals surface area contributed by atoms with Crippen molar-refractivity contribution in [3.8, 4) is 0 Å². The quantitative estimate of drug-likeness (QED) is 0.0517. The van der Waals surface area contributed by atoms with Crippen molar-refractivity contribution >= 4 is 17.9 Å². The van der Waals surface area contributed by atoms with Gasteiger partial charge in [-0.1, -0.05) is 89.7 Å². The number of quaternary nitrogens is 1. The summed E-state index contributed by atoms with van der Waals surface area (Å²) >= 11 is 0.